The van der Waals surface area contributed by atoms with Crippen LogP contribution in [0.5, 0.6) is 0 Å². The fraction of sp³-hybridized carbons (Fsp3) is 0.900. The quantitative estimate of drug-likeness (QED) is 0.678. The van der Waals surface area contributed by atoms with Gasteiger partial charge in [0.05, 0.1) is 12.6 Å². The molecule has 80 valence electrons. The van der Waals surface area contributed by atoms with Crippen LogP contribution in [0.1, 0.15) is 19.3 Å². The first-order valence-corrected chi connectivity index (χ1v) is 5.46. The molecule has 1 amide bonds. The molecular weight excluding hydrogens is 180 g/mol. The van der Waals surface area contributed by atoms with Gasteiger partial charge in [-0.25, -0.2) is 0 Å². The molecule has 0 radical (unpaired) electrons. The summed E-state index contributed by atoms with van der Waals surface area (Å²) in [5.74, 6) is 0.220. The highest BCUT2D eigenvalue weighted by Gasteiger charge is 2.23. The lowest BCUT2D eigenvalue weighted by molar-refractivity contribution is -0.131. The van der Waals surface area contributed by atoms with Gasteiger partial charge in [0.15, 0.2) is 0 Å². The van der Waals surface area contributed by atoms with Crippen molar-refractivity contribution >= 4 is 5.91 Å². The summed E-state index contributed by atoms with van der Waals surface area (Å²) in [5.41, 5.74) is 0. The van der Waals surface area contributed by atoms with Gasteiger partial charge in [0, 0.05) is 19.7 Å². The molecule has 1 N–H and O–H groups in total. The second-order valence-corrected chi connectivity index (χ2v) is 4.01. The summed E-state index contributed by atoms with van der Waals surface area (Å²) in [7, 11) is 0. The Morgan fingerprint density at radius 3 is 3.21 bits per heavy atom. The molecule has 1 atom stereocenters. The van der Waals surface area contributed by atoms with Crippen LogP contribution in [0.3, 0.4) is 0 Å². The molecule has 4 heteroatoms. The zero-order valence-corrected chi connectivity index (χ0v) is 8.50. The van der Waals surface area contributed by atoms with Crippen LogP contribution in [0.2, 0.25) is 0 Å². The molecule has 0 aliphatic carbocycles. The van der Waals surface area contributed by atoms with Gasteiger partial charge in [-0.05, 0) is 25.8 Å². The third-order valence-corrected chi connectivity index (χ3v) is 2.86. The number of hydrogen-bond donors (Lipinski definition) is 1. The van der Waals surface area contributed by atoms with Crippen molar-refractivity contribution in [1.29, 1.82) is 0 Å². The predicted octanol–water partition coefficient (Wildman–Crippen LogP) is -0.0127. The predicted molar refractivity (Wildman–Crippen MR) is 53.0 cm³/mol. The number of nitrogens with one attached hydrogen (secondary N) is 1. The molecule has 0 bridgehead atoms. The lowest BCUT2D eigenvalue weighted by Gasteiger charge is -2.23. The van der Waals surface area contributed by atoms with E-state index in [0.717, 1.165) is 45.5 Å². The number of carbonyl (C=O) groups is 1. The molecule has 2 rings (SSSR count). The maximum Gasteiger partial charge on any atom is 0.236 e. The third-order valence-electron chi connectivity index (χ3n) is 2.86. The number of rotatable bonds is 2. The van der Waals surface area contributed by atoms with Gasteiger partial charge in [-0.15, -0.1) is 0 Å². The fourth-order valence-corrected chi connectivity index (χ4v) is 2.05. The van der Waals surface area contributed by atoms with E-state index >= 15 is 0 Å². The minimum Gasteiger partial charge on any atom is -0.376 e. The van der Waals surface area contributed by atoms with Gasteiger partial charge in [0.25, 0.3) is 0 Å². The average molecular weight is 198 g/mol. The minimum atomic E-state index is 0.220. The van der Waals surface area contributed by atoms with Crippen LogP contribution in [0.4, 0.5) is 0 Å². The van der Waals surface area contributed by atoms with Crippen molar-refractivity contribution < 1.29 is 9.53 Å². The van der Waals surface area contributed by atoms with Crippen LogP contribution in [0.25, 0.3) is 0 Å². The van der Waals surface area contributed by atoms with Crippen molar-refractivity contribution in [3.05, 3.63) is 0 Å². The molecule has 0 aromatic carbocycles. The Labute approximate surface area is 84.6 Å². The molecule has 2 aliphatic rings. The van der Waals surface area contributed by atoms with E-state index in [1.165, 1.54) is 0 Å². The highest BCUT2D eigenvalue weighted by atomic mass is 16.5. The molecule has 0 saturated carbocycles. The van der Waals surface area contributed by atoms with Crippen molar-refractivity contribution in [2.24, 2.45) is 0 Å². The molecule has 0 spiro atoms. The molecular formula is C10H18N2O2. The van der Waals surface area contributed by atoms with Gasteiger partial charge in [-0.2, -0.15) is 0 Å². The van der Waals surface area contributed by atoms with Gasteiger partial charge in [0.1, 0.15) is 0 Å². The molecule has 2 fully saturated rings. The van der Waals surface area contributed by atoms with Gasteiger partial charge in [-0.1, -0.05) is 0 Å². The number of ether oxygens (including phenoxy) is 1. The van der Waals surface area contributed by atoms with Crippen molar-refractivity contribution in [2.45, 2.75) is 25.4 Å². The standard InChI is InChI=1S/C10H18N2O2/c13-10-7-11-4-2-5-12(10)8-9-3-1-6-14-9/h9,11H,1-8H2. The zero-order valence-electron chi connectivity index (χ0n) is 8.50. The van der Waals surface area contributed by atoms with Crippen LogP contribution < -0.4 is 5.32 Å². The van der Waals surface area contributed by atoms with E-state index in [4.69, 9.17) is 4.74 Å². The van der Waals surface area contributed by atoms with Gasteiger partial charge in [0.2, 0.25) is 5.91 Å². The van der Waals surface area contributed by atoms with Crippen LogP contribution in [-0.2, 0) is 9.53 Å². The third kappa shape index (κ3) is 2.45. The molecule has 4 nitrogen and oxygen atoms in total. The Balaban J connectivity index is 1.84. The fourth-order valence-electron chi connectivity index (χ4n) is 2.05. The number of nitrogens with zero attached hydrogens (tertiary/aromatic N) is 1. The Morgan fingerprint density at radius 1 is 1.50 bits per heavy atom. The van der Waals surface area contributed by atoms with E-state index in [1.54, 1.807) is 0 Å². The minimum absolute atomic E-state index is 0.220. The number of hydrogen-bond acceptors (Lipinski definition) is 3. The van der Waals surface area contributed by atoms with Crippen molar-refractivity contribution in [3.63, 3.8) is 0 Å². The van der Waals surface area contributed by atoms with E-state index in [9.17, 15) is 4.79 Å². The van der Waals surface area contributed by atoms with Crippen LogP contribution in [-0.4, -0.2) is 49.7 Å². The molecule has 0 aromatic rings. The van der Waals surface area contributed by atoms with Crippen LogP contribution in [0.15, 0.2) is 0 Å². The number of amides is 1. The summed E-state index contributed by atoms with van der Waals surface area (Å²) in [6.07, 6.45) is 3.60. The zero-order chi connectivity index (χ0) is 9.80. The lowest BCUT2D eigenvalue weighted by Crippen LogP contribution is -2.39. The number of carbonyl (C=O) groups excluding carboxylic acids is 1. The smallest absolute Gasteiger partial charge is 0.236 e. The summed E-state index contributed by atoms with van der Waals surface area (Å²) in [5, 5.41) is 3.12. The van der Waals surface area contributed by atoms with E-state index in [1.807, 2.05) is 4.90 Å². The monoisotopic (exact) mass is 198 g/mol. The van der Waals surface area contributed by atoms with Crippen molar-refractivity contribution in [3.8, 4) is 0 Å². The Morgan fingerprint density at radius 2 is 2.43 bits per heavy atom. The molecule has 1 unspecified atom stereocenters. The van der Waals surface area contributed by atoms with Gasteiger partial charge in [-0.3, -0.25) is 4.79 Å². The van der Waals surface area contributed by atoms with Crippen LogP contribution >= 0.6 is 0 Å². The molecule has 0 aromatic heterocycles. The first-order valence-electron chi connectivity index (χ1n) is 5.46. The Bertz CT molecular complexity index is 202. The summed E-state index contributed by atoms with van der Waals surface area (Å²) in [6, 6.07) is 0. The average Bonchev–Trinajstić information content (AvgIpc) is 2.60. The molecule has 2 saturated heterocycles. The molecule has 2 heterocycles. The highest BCUT2D eigenvalue weighted by Crippen LogP contribution is 2.13. The summed E-state index contributed by atoms with van der Waals surface area (Å²) in [4.78, 5) is 13.6. The summed E-state index contributed by atoms with van der Waals surface area (Å²) < 4.78 is 5.53. The second kappa shape index (κ2) is 4.75. The Hall–Kier alpha value is -0.610. The highest BCUT2D eigenvalue weighted by molar-refractivity contribution is 5.78. The first kappa shape index (κ1) is 9.93. The summed E-state index contributed by atoms with van der Waals surface area (Å²) in [6.45, 7) is 3.98. The largest absolute Gasteiger partial charge is 0.376 e. The van der Waals surface area contributed by atoms with E-state index < -0.39 is 0 Å². The van der Waals surface area contributed by atoms with E-state index in [-0.39, 0.29) is 12.0 Å². The topological polar surface area (TPSA) is 41.6 Å². The van der Waals surface area contributed by atoms with Crippen molar-refractivity contribution in [2.75, 3.05) is 32.8 Å². The van der Waals surface area contributed by atoms with Gasteiger partial charge < -0.3 is 15.0 Å². The lowest BCUT2D eigenvalue weighted by atomic mass is 10.2. The second-order valence-electron chi connectivity index (χ2n) is 4.01. The van der Waals surface area contributed by atoms with E-state index in [0.29, 0.717) is 6.54 Å². The maximum absolute atomic E-state index is 11.6. The first-order chi connectivity index (χ1) is 6.86. The Kier molecular flexibility index (Phi) is 3.37. The van der Waals surface area contributed by atoms with Crippen molar-refractivity contribution in [1.82, 2.24) is 10.2 Å². The molecule has 14 heavy (non-hydrogen) atoms. The maximum atomic E-state index is 11.6. The van der Waals surface area contributed by atoms with Gasteiger partial charge >= 0.3 is 0 Å². The SMILES string of the molecule is O=C1CNCCCN1CC1CCCO1. The van der Waals surface area contributed by atoms with Crippen LogP contribution in [0, 0.1) is 0 Å². The normalized spacial score (nSPS) is 29.3. The van der Waals surface area contributed by atoms with E-state index in [2.05, 4.69) is 5.32 Å². The molecule has 2 aliphatic heterocycles. The summed E-state index contributed by atoms with van der Waals surface area (Å²) >= 11 is 0.